The standard InChI is InChI=1S/C14H21N3O2/c1-3-11(2)10-14(8-5-9-16-17-15)12(18)6-4-7-13(14)19/h2-10H2,1H3. The number of rotatable bonds is 7. The maximum absolute atomic E-state index is 12.3. The van der Waals surface area contributed by atoms with E-state index in [0.29, 0.717) is 45.1 Å². The second kappa shape index (κ2) is 7.10. The van der Waals surface area contributed by atoms with Crippen LogP contribution in [0.1, 0.15) is 51.9 Å². The lowest BCUT2D eigenvalue weighted by Crippen LogP contribution is -2.43. The molecule has 19 heavy (non-hydrogen) atoms. The van der Waals surface area contributed by atoms with E-state index in [9.17, 15) is 9.59 Å². The Morgan fingerprint density at radius 2 is 2.05 bits per heavy atom. The van der Waals surface area contributed by atoms with Crippen LogP contribution in [0.2, 0.25) is 0 Å². The second-order valence-corrected chi connectivity index (χ2v) is 5.12. The molecule has 0 aromatic carbocycles. The molecule has 0 radical (unpaired) electrons. The molecule has 0 N–H and O–H groups in total. The maximum atomic E-state index is 12.3. The van der Waals surface area contributed by atoms with Gasteiger partial charge in [-0.3, -0.25) is 9.59 Å². The van der Waals surface area contributed by atoms with Crippen LogP contribution in [0.4, 0.5) is 0 Å². The summed E-state index contributed by atoms with van der Waals surface area (Å²) >= 11 is 0. The van der Waals surface area contributed by atoms with Crippen LogP contribution >= 0.6 is 0 Å². The van der Waals surface area contributed by atoms with E-state index in [1.54, 1.807) is 0 Å². The molecule has 1 aliphatic carbocycles. The number of allylic oxidation sites excluding steroid dienone is 1. The second-order valence-electron chi connectivity index (χ2n) is 5.12. The minimum absolute atomic E-state index is 0.0410. The van der Waals surface area contributed by atoms with Gasteiger partial charge in [0, 0.05) is 24.3 Å². The molecule has 5 heteroatoms. The zero-order valence-electron chi connectivity index (χ0n) is 11.5. The fourth-order valence-corrected chi connectivity index (χ4v) is 2.66. The lowest BCUT2D eigenvalue weighted by atomic mass is 9.65. The smallest absolute Gasteiger partial charge is 0.146 e. The van der Waals surface area contributed by atoms with Crippen LogP contribution in [0, 0.1) is 5.41 Å². The van der Waals surface area contributed by atoms with Crippen molar-refractivity contribution < 1.29 is 9.59 Å². The molecule has 1 rings (SSSR count). The fraction of sp³-hybridized carbons (Fsp3) is 0.714. The van der Waals surface area contributed by atoms with Crippen LogP contribution in [-0.4, -0.2) is 18.1 Å². The van der Waals surface area contributed by atoms with Crippen molar-refractivity contribution in [3.63, 3.8) is 0 Å². The Morgan fingerprint density at radius 3 is 2.58 bits per heavy atom. The number of Topliss-reactive ketones (excluding diaryl/α,β-unsaturated/α-hetero) is 2. The molecule has 0 heterocycles. The van der Waals surface area contributed by atoms with Gasteiger partial charge in [-0.2, -0.15) is 0 Å². The van der Waals surface area contributed by atoms with Crippen molar-refractivity contribution in [1.29, 1.82) is 0 Å². The summed E-state index contributed by atoms with van der Waals surface area (Å²) in [4.78, 5) is 27.2. The van der Waals surface area contributed by atoms with Gasteiger partial charge in [-0.25, -0.2) is 0 Å². The van der Waals surface area contributed by atoms with Crippen LogP contribution in [0.5, 0.6) is 0 Å². The van der Waals surface area contributed by atoms with Crippen LogP contribution in [-0.2, 0) is 9.59 Å². The Hall–Kier alpha value is -1.61. The number of nitrogens with zero attached hydrogens (tertiary/aromatic N) is 3. The van der Waals surface area contributed by atoms with E-state index in [0.717, 1.165) is 12.0 Å². The largest absolute Gasteiger partial charge is 0.299 e. The van der Waals surface area contributed by atoms with Crippen molar-refractivity contribution in [1.82, 2.24) is 0 Å². The number of azide groups is 1. The Balaban J connectivity index is 2.87. The van der Waals surface area contributed by atoms with Gasteiger partial charge in [0.25, 0.3) is 0 Å². The van der Waals surface area contributed by atoms with Gasteiger partial charge in [0.2, 0.25) is 0 Å². The molecule has 104 valence electrons. The average molecular weight is 263 g/mol. The first-order chi connectivity index (χ1) is 9.06. The van der Waals surface area contributed by atoms with Crippen molar-refractivity contribution in [3.8, 4) is 0 Å². The summed E-state index contributed by atoms with van der Waals surface area (Å²) in [5.41, 5.74) is 8.31. The molecule has 0 saturated heterocycles. The molecule has 1 aliphatic rings. The van der Waals surface area contributed by atoms with Gasteiger partial charge >= 0.3 is 0 Å². The first-order valence-corrected chi connectivity index (χ1v) is 6.81. The molecule has 0 atom stereocenters. The van der Waals surface area contributed by atoms with Crippen molar-refractivity contribution in [2.75, 3.05) is 6.54 Å². The zero-order chi connectivity index (χ0) is 14.3. The predicted octanol–water partition coefficient (Wildman–Crippen LogP) is 3.74. The predicted molar refractivity (Wildman–Crippen MR) is 73.6 cm³/mol. The average Bonchev–Trinajstić information content (AvgIpc) is 2.40. The van der Waals surface area contributed by atoms with Crippen LogP contribution in [0.25, 0.3) is 10.4 Å². The normalized spacial score (nSPS) is 17.9. The Bertz CT molecular complexity index is 406. The summed E-state index contributed by atoms with van der Waals surface area (Å²) in [5.74, 6) is 0.0820. The molecule has 0 aliphatic heterocycles. The van der Waals surface area contributed by atoms with Crippen LogP contribution in [0.15, 0.2) is 17.3 Å². The van der Waals surface area contributed by atoms with Gasteiger partial charge in [0.05, 0.1) is 5.41 Å². The lowest BCUT2D eigenvalue weighted by molar-refractivity contribution is -0.144. The summed E-state index contributed by atoms with van der Waals surface area (Å²) in [6.07, 6.45) is 3.89. The Morgan fingerprint density at radius 1 is 1.42 bits per heavy atom. The van der Waals surface area contributed by atoms with Crippen molar-refractivity contribution in [2.45, 2.75) is 51.9 Å². The topological polar surface area (TPSA) is 82.9 Å². The molecular weight excluding hydrogens is 242 g/mol. The number of ketones is 2. The molecule has 0 amide bonds. The van der Waals surface area contributed by atoms with E-state index in [2.05, 4.69) is 16.6 Å². The van der Waals surface area contributed by atoms with Crippen molar-refractivity contribution >= 4 is 11.6 Å². The monoisotopic (exact) mass is 263 g/mol. The highest BCUT2D eigenvalue weighted by Gasteiger charge is 2.45. The summed E-state index contributed by atoms with van der Waals surface area (Å²) in [6.45, 7) is 6.25. The molecule has 0 aromatic rings. The van der Waals surface area contributed by atoms with E-state index in [4.69, 9.17) is 5.53 Å². The summed E-state index contributed by atoms with van der Waals surface area (Å²) < 4.78 is 0. The van der Waals surface area contributed by atoms with E-state index in [1.807, 2.05) is 6.92 Å². The highest BCUT2D eigenvalue weighted by molar-refractivity contribution is 6.09. The molecule has 0 aromatic heterocycles. The van der Waals surface area contributed by atoms with Crippen molar-refractivity contribution in [3.05, 3.63) is 22.6 Å². The van der Waals surface area contributed by atoms with Crippen LogP contribution < -0.4 is 0 Å². The first kappa shape index (κ1) is 15.4. The van der Waals surface area contributed by atoms with E-state index >= 15 is 0 Å². The zero-order valence-corrected chi connectivity index (χ0v) is 11.5. The lowest BCUT2D eigenvalue weighted by Gasteiger charge is -2.35. The van der Waals surface area contributed by atoms with Gasteiger partial charge in [0.1, 0.15) is 11.6 Å². The highest BCUT2D eigenvalue weighted by atomic mass is 16.2. The molecule has 1 saturated carbocycles. The molecule has 0 spiro atoms. The molecule has 0 bridgehead atoms. The third-order valence-electron chi connectivity index (χ3n) is 3.85. The fourth-order valence-electron chi connectivity index (χ4n) is 2.66. The molecule has 1 fully saturated rings. The SMILES string of the molecule is C=C(CC)CC1(CCCN=[N+]=[N-])C(=O)CCCC1=O. The first-order valence-electron chi connectivity index (χ1n) is 6.81. The summed E-state index contributed by atoms with van der Waals surface area (Å²) in [6, 6.07) is 0. The van der Waals surface area contributed by atoms with E-state index in [-0.39, 0.29) is 11.6 Å². The van der Waals surface area contributed by atoms with Gasteiger partial charge in [-0.1, -0.05) is 24.2 Å². The summed E-state index contributed by atoms with van der Waals surface area (Å²) in [7, 11) is 0. The third-order valence-corrected chi connectivity index (χ3v) is 3.85. The third kappa shape index (κ3) is 3.67. The van der Waals surface area contributed by atoms with Gasteiger partial charge in [0.15, 0.2) is 0 Å². The van der Waals surface area contributed by atoms with Crippen molar-refractivity contribution in [2.24, 2.45) is 10.5 Å². The highest BCUT2D eigenvalue weighted by Crippen LogP contribution is 2.40. The number of carbonyl (C=O) groups excluding carboxylic acids is 2. The van der Waals surface area contributed by atoms with Gasteiger partial charge in [-0.05, 0) is 37.6 Å². The van der Waals surface area contributed by atoms with Crippen LogP contribution in [0.3, 0.4) is 0 Å². The van der Waals surface area contributed by atoms with E-state index in [1.165, 1.54) is 0 Å². The Kier molecular flexibility index (Phi) is 5.77. The Labute approximate surface area is 113 Å². The van der Waals surface area contributed by atoms with Gasteiger partial charge < -0.3 is 0 Å². The number of hydrogen-bond donors (Lipinski definition) is 0. The molecule has 0 unspecified atom stereocenters. The molecule has 5 nitrogen and oxygen atoms in total. The quantitative estimate of drug-likeness (QED) is 0.175. The van der Waals surface area contributed by atoms with Gasteiger partial charge in [-0.15, -0.1) is 0 Å². The minimum Gasteiger partial charge on any atom is -0.299 e. The number of hydrogen-bond acceptors (Lipinski definition) is 3. The number of carbonyl (C=O) groups is 2. The summed E-state index contributed by atoms with van der Waals surface area (Å²) in [5, 5.41) is 3.47. The van der Waals surface area contributed by atoms with E-state index < -0.39 is 5.41 Å². The molecular formula is C14H21N3O2. The maximum Gasteiger partial charge on any atom is 0.146 e. The minimum atomic E-state index is -0.893.